The number of hydrogen-bond acceptors (Lipinski definition) is 7. The van der Waals surface area contributed by atoms with Gasteiger partial charge in [0.05, 0.1) is 18.8 Å². The first kappa shape index (κ1) is 16.4. The van der Waals surface area contributed by atoms with Crippen LogP contribution in [0.25, 0.3) is 0 Å². The van der Waals surface area contributed by atoms with Crippen LogP contribution in [0.5, 0.6) is 0 Å². The molecule has 1 atom stereocenters. The molecule has 0 aliphatic carbocycles. The third-order valence-electron chi connectivity index (χ3n) is 2.99. The molecule has 118 valence electrons. The second-order valence-electron chi connectivity index (χ2n) is 4.70. The molecule has 0 amide bonds. The van der Waals surface area contributed by atoms with Crippen LogP contribution < -0.4 is 0 Å². The van der Waals surface area contributed by atoms with E-state index in [0.717, 1.165) is 0 Å². The molecule has 1 aliphatic heterocycles. The summed E-state index contributed by atoms with van der Waals surface area (Å²) >= 11 is 1.35. The summed E-state index contributed by atoms with van der Waals surface area (Å²) in [5.41, 5.74) is 0.377. The number of rotatable bonds is 6. The Morgan fingerprint density at radius 3 is 2.76 bits per heavy atom. The average Bonchev–Trinajstić information content (AvgIpc) is 2.91. The fourth-order valence-electron chi connectivity index (χ4n) is 2.03. The van der Waals surface area contributed by atoms with Crippen molar-refractivity contribution in [2.24, 2.45) is 0 Å². The van der Waals surface area contributed by atoms with Gasteiger partial charge in [-0.15, -0.1) is 0 Å². The maximum atomic E-state index is 11.9. The Bertz CT molecular complexity index is 550. The number of carbonyl (C=O) groups excluding carboxylic acids is 1. The molecule has 2 heterocycles. The fourth-order valence-corrected chi connectivity index (χ4v) is 3.30. The minimum absolute atomic E-state index is 0.249. The quantitative estimate of drug-likeness (QED) is 0.597. The lowest BCUT2D eigenvalue weighted by molar-refractivity contribution is 0.000987. The van der Waals surface area contributed by atoms with E-state index in [1.165, 1.54) is 11.3 Å². The second kappa shape index (κ2) is 7.32. The molecule has 0 saturated carbocycles. The van der Waals surface area contributed by atoms with Gasteiger partial charge in [-0.05, 0) is 11.4 Å². The van der Waals surface area contributed by atoms with Gasteiger partial charge in [0.1, 0.15) is 11.9 Å². The first-order valence-corrected chi connectivity index (χ1v) is 8.98. The summed E-state index contributed by atoms with van der Waals surface area (Å²) in [4.78, 5) is 13.9. The number of carbonyl (C=O) groups is 1. The minimum Gasteiger partial charge on any atom is -0.456 e. The Morgan fingerprint density at radius 2 is 2.19 bits per heavy atom. The summed E-state index contributed by atoms with van der Waals surface area (Å²) in [6.45, 7) is 2.63. The first-order valence-electron chi connectivity index (χ1n) is 6.42. The van der Waals surface area contributed by atoms with Crippen molar-refractivity contribution in [2.75, 3.05) is 38.6 Å². The smallest absolute Gasteiger partial charge is 0.339 e. The normalized spacial score (nSPS) is 18.3. The van der Waals surface area contributed by atoms with Crippen molar-refractivity contribution >= 4 is 27.4 Å². The van der Waals surface area contributed by atoms with E-state index >= 15 is 0 Å². The lowest BCUT2D eigenvalue weighted by Gasteiger charge is -2.29. The first-order chi connectivity index (χ1) is 9.94. The van der Waals surface area contributed by atoms with Gasteiger partial charge in [0.25, 0.3) is 10.1 Å². The Morgan fingerprint density at radius 1 is 1.48 bits per heavy atom. The highest BCUT2D eigenvalue weighted by molar-refractivity contribution is 7.85. The molecule has 1 aromatic rings. The number of hydrogen-bond donors (Lipinski definition) is 1. The SMILES string of the molecule is O=C(OC(CN1CCOCC1)CS(=O)(=O)O)c1ccsc1. The Hall–Kier alpha value is -1.00. The van der Waals surface area contributed by atoms with E-state index in [1.807, 2.05) is 4.90 Å². The molecule has 1 unspecified atom stereocenters. The van der Waals surface area contributed by atoms with Crippen molar-refractivity contribution in [3.63, 3.8) is 0 Å². The molecule has 0 bridgehead atoms. The predicted octanol–water partition coefficient (Wildman–Crippen LogP) is 0.494. The van der Waals surface area contributed by atoms with Crippen molar-refractivity contribution in [1.82, 2.24) is 4.90 Å². The highest BCUT2D eigenvalue weighted by Crippen LogP contribution is 2.11. The van der Waals surface area contributed by atoms with Gasteiger partial charge in [-0.3, -0.25) is 9.45 Å². The van der Waals surface area contributed by atoms with Crippen LogP contribution in [-0.4, -0.2) is 68.5 Å². The molecule has 0 aromatic carbocycles. The predicted molar refractivity (Wildman–Crippen MR) is 77.2 cm³/mol. The number of nitrogens with zero attached hydrogens (tertiary/aromatic N) is 1. The summed E-state index contributed by atoms with van der Waals surface area (Å²) in [6, 6.07) is 1.60. The van der Waals surface area contributed by atoms with Gasteiger partial charge in [-0.2, -0.15) is 19.8 Å². The van der Waals surface area contributed by atoms with Gasteiger partial charge in [0.15, 0.2) is 0 Å². The molecular weight excluding hydrogens is 318 g/mol. The molecule has 0 spiro atoms. The van der Waals surface area contributed by atoms with Crippen molar-refractivity contribution in [3.05, 3.63) is 22.4 Å². The fraction of sp³-hybridized carbons (Fsp3) is 0.583. The lowest BCUT2D eigenvalue weighted by atomic mass is 10.3. The molecular formula is C12H17NO6S2. The molecule has 1 aliphatic rings. The van der Waals surface area contributed by atoms with Gasteiger partial charge >= 0.3 is 5.97 Å². The van der Waals surface area contributed by atoms with E-state index in [9.17, 15) is 13.2 Å². The number of esters is 1. The van der Waals surface area contributed by atoms with Crippen LogP contribution in [0.1, 0.15) is 10.4 Å². The van der Waals surface area contributed by atoms with Gasteiger partial charge in [-0.25, -0.2) is 4.79 Å². The summed E-state index contributed by atoms with van der Waals surface area (Å²) in [5, 5.41) is 3.36. The Labute approximate surface area is 127 Å². The third kappa shape index (κ3) is 5.71. The monoisotopic (exact) mass is 335 g/mol. The highest BCUT2D eigenvalue weighted by atomic mass is 32.2. The Kier molecular flexibility index (Phi) is 5.71. The maximum Gasteiger partial charge on any atom is 0.339 e. The molecule has 1 fully saturated rings. The zero-order chi connectivity index (χ0) is 15.3. The van der Waals surface area contributed by atoms with E-state index in [-0.39, 0.29) is 6.54 Å². The minimum atomic E-state index is -4.22. The third-order valence-corrected chi connectivity index (χ3v) is 4.47. The summed E-state index contributed by atoms with van der Waals surface area (Å²) in [6.07, 6.45) is -0.912. The van der Waals surface area contributed by atoms with Gasteiger partial charge in [0.2, 0.25) is 0 Å². The summed E-state index contributed by atoms with van der Waals surface area (Å²) in [5.74, 6) is -1.20. The topological polar surface area (TPSA) is 93.1 Å². The van der Waals surface area contributed by atoms with Gasteiger partial charge in [-0.1, -0.05) is 0 Å². The lowest BCUT2D eigenvalue weighted by Crippen LogP contribution is -2.44. The van der Waals surface area contributed by atoms with Crippen LogP contribution in [0.2, 0.25) is 0 Å². The number of morpholine rings is 1. The molecule has 1 N–H and O–H groups in total. The van der Waals surface area contributed by atoms with Crippen molar-refractivity contribution in [3.8, 4) is 0 Å². The molecule has 1 saturated heterocycles. The van der Waals surface area contributed by atoms with E-state index in [1.54, 1.807) is 16.8 Å². The molecule has 2 rings (SSSR count). The van der Waals surface area contributed by atoms with Crippen molar-refractivity contribution in [2.45, 2.75) is 6.10 Å². The average molecular weight is 335 g/mol. The number of thiophene rings is 1. The van der Waals surface area contributed by atoms with Crippen molar-refractivity contribution < 1.29 is 27.2 Å². The molecule has 9 heteroatoms. The maximum absolute atomic E-state index is 11.9. The standard InChI is InChI=1S/C12H17NO6S2/c14-12(10-1-6-20-8-10)19-11(9-21(15,16)17)7-13-2-4-18-5-3-13/h1,6,8,11H,2-5,7,9H2,(H,15,16,17). The zero-order valence-corrected chi connectivity index (χ0v) is 12.9. The van der Waals surface area contributed by atoms with Crippen molar-refractivity contribution in [1.29, 1.82) is 0 Å². The van der Waals surface area contributed by atoms with Crippen LogP contribution in [-0.2, 0) is 19.6 Å². The van der Waals surface area contributed by atoms with E-state index in [0.29, 0.717) is 31.9 Å². The summed E-state index contributed by atoms with van der Waals surface area (Å²) in [7, 11) is -4.22. The van der Waals surface area contributed by atoms with E-state index < -0.39 is 27.9 Å². The van der Waals surface area contributed by atoms with Gasteiger partial charge in [0, 0.05) is 25.0 Å². The highest BCUT2D eigenvalue weighted by Gasteiger charge is 2.25. The van der Waals surface area contributed by atoms with Crippen LogP contribution in [0.15, 0.2) is 16.8 Å². The zero-order valence-electron chi connectivity index (χ0n) is 11.3. The van der Waals surface area contributed by atoms with Crippen LogP contribution in [0.4, 0.5) is 0 Å². The van der Waals surface area contributed by atoms with Crippen LogP contribution >= 0.6 is 11.3 Å². The largest absolute Gasteiger partial charge is 0.456 e. The van der Waals surface area contributed by atoms with E-state index in [2.05, 4.69) is 0 Å². The number of ether oxygens (including phenoxy) is 2. The summed E-state index contributed by atoms with van der Waals surface area (Å²) < 4.78 is 41.6. The van der Waals surface area contributed by atoms with E-state index in [4.69, 9.17) is 14.0 Å². The van der Waals surface area contributed by atoms with Crippen LogP contribution in [0.3, 0.4) is 0 Å². The molecule has 7 nitrogen and oxygen atoms in total. The second-order valence-corrected chi connectivity index (χ2v) is 6.98. The molecule has 0 radical (unpaired) electrons. The van der Waals surface area contributed by atoms with Gasteiger partial charge < -0.3 is 9.47 Å². The van der Waals surface area contributed by atoms with Crippen LogP contribution in [0, 0.1) is 0 Å². The molecule has 21 heavy (non-hydrogen) atoms. The molecule has 1 aromatic heterocycles. The Balaban J connectivity index is 1.99.